The maximum Gasteiger partial charge on any atom is 0.0718 e. The Hall–Kier alpha value is -0.870. The standard InChI is InChI=1S/C13H25N3O/c1-6-15(10-13(4,5)17)9-12-8-11(3)14-16(12)7-2/h8,17H,6-7,9-10H2,1-5H3. The van der Waals surface area contributed by atoms with E-state index in [1.807, 2.05) is 25.5 Å². The first-order chi connectivity index (χ1) is 7.85. The van der Waals surface area contributed by atoms with Gasteiger partial charge in [0.25, 0.3) is 0 Å². The van der Waals surface area contributed by atoms with E-state index in [2.05, 4.69) is 29.9 Å². The monoisotopic (exact) mass is 239 g/mol. The number of likely N-dealkylation sites (N-methyl/N-ethyl adjacent to an activating group) is 1. The van der Waals surface area contributed by atoms with Crippen LogP contribution in [0, 0.1) is 6.92 Å². The normalized spacial score (nSPS) is 12.4. The van der Waals surface area contributed by atoms with Crippen LogP contribution in [0.3, 0.4) is 0 Å². The van der Waals surface area contributed by atoms with Gasteiger partial charge in [0.2, 0.25) is 0 Å². The first-order valence-corrected chi connectivity index (χ1v) is 6.33. The molecule has 0 atom stereocenters. The predicted molar refractivity (Wildman–Crippen MR) is 69.9 cm³/mol. The molecule has 0 aliphatic carbocycles. The molecule has 98 valence electrons. The summed E-state index contributed by atoms with van der Waals surface area (Å²) in [6.45, 7) is 13.3. The van der Waals surface area contributed by atoms with E-state index in [0.29, 0.717) is 6.54 Å². The molecule has 0 aliphatic rings. The molecule has 0 saturated heterocycles. The summed E-state index contributed by atoms with van der Waals surface area (Å²) in [7, 11) is 0. The van der Waals surface area contributed by atoms with Crippen LogP contribution in [0.15, 0.2) is 6.07 Å². The minimum absolute atomic E-state index is 0.651. The lowest BCUT2D eigenvalue weighted by atomic mass is 10.1. The fraction of sp³-hybridized carbons (Fsp3) is 0.769. The molecule has 1 rings (SSSR count). The van der Waals surface area contributed by atoms with Crippen molar-refractivity contribution in [2.75, 3.05) is 13.1 Å². The molecule has 1 aromatic heterocycles. The van der Waals surface area contributed by atoms with Crippen molar-refractivity contribution in [1.29, 1.82) is 0 Å². The number of hydrogen-bond acceptors (Lipinski definition) is 3. The molecule has 0 fully saturated rings. The highest BCUT2D eigenvalue weighted by atomic mass is 16.3. The van der Waals surface area contributed by atoms with E-state index >= 15 is 0 Å². The van der Waals surface area contributed by atoms with Crippen LogP contribution in [0.25, 0.3) is 0 Å². The van der Waals surface area contributed by atoms with Gasteiger partial charge in [0.1, 0.15) is 0 Å². The molecule has 0 spiro atoms. The van der Waals surface area contributed by atoms with Gasteiger partial charge < -0.3 is 5.11 Å². The molecule has 0 amide bonds. The summed E-state index contributed by atoms with van der Waals surface area (Å²) in [4.78, 5) is 2.24. The van der Waals surface area contributed by atoms with E-state index in [9.17, 15) is 5.11 Å². The maximum absolute atomic E-state index is 9.86. The Bertz CT molecular complexity index is 352. The molecule has 0 unspecified atom stereocenters. The topological polar surface area (TPSA) is 41.3 Å². The molecule has 0 aromatic carbocycles. The van der Waals surface area contributed by atoms with Gasteiger partial charge in [-0.05, 0) is 40.3 Å². The third-order valence-electron chi connectivity index (χ3n) is 2.73. The first kappa shape index (κ1) is 14.2. The van der Waals surface area contributed by atoms with E-state index in [-0.39, 0.29) is 0 Å². The average Bonchev–Trinajstić information content (AvgIpc) is 2.55. The molecule has 4 heteroatoms. The maximum atomic E-state index is 9.86. The summed E-state index contributed by atoms with van der Waals surface area (Å²) >= 11 is 0. The summed E-state index contributed by atoms with van der Waals surface area (Å²) in [5, 5.41) is 14.3. The summed E-state index contributed by atoms with van der Waals surface area (Å²) < 4.78 is 2.03. The van der Waals surface area contributed by atoms with Gasteiger partial charge in [-0.2, -0.15) is 5.10 Å². The second-order valence-corrected chi connectivity index (χ2v) is 5.21. The van der Waals surface area contributed by atoms with Crippen molar-refractivity contribution in [2.45, 2.75) is 53.3 Å². The van der Waals surface area contributed by atoms with Crippen LogP contribution in [0.2, 0.25) is 0 Å². The van der Waals surface area contributed by atoms with Gasteiger partial charge in [0.15, 0.2) is 0 Å². The Morgan fingerprint density at radius 1 is 1.41 bits per heavy atom. The average molecular weight is 239 g/mol. The molecule has 17 heavy (non-hydrogen) atoms. The largest absolute Gasteiger partial charge is 0.389 e. The Morgan fingerprint density at radius 2 is 2.06 bits per heavy atom. The quantitative estimate of drug-likeness (QED) is 0.823. The van der Waals surface area contributed by atoms with Crippen LogP contribution in [0.5, 0.6) is 0 Å². The van der Waals surface area contributed by atoms with Gasteiger partial charge in [0, 0.05) is 19.6 Å². The number of aryl methyl sites for hydroxylation is 2. The van der Waals surface area contributed by atoms with E-state index in [1.165, 1.54) is 5.69 Å². The molecular formula is C13H25N3O. The molecule has 0 aliphatic heterocycles. The van der Waals surface area contributed by atoms with Crippen LogP contribution in [-0.4, -0.2) is 38.5 Å². The minimum atomic E-state index is -0.651. The number of rotatable bonds is 6. The second-order valence-electron chi connectivity index (χ2n) is 5.21. The fourth-order valence-corrected chi connectivity index (χ4v) is 2.06. The molecule has 1 N–H and O–H groups in total. The van der Waals surface area contributed by atoms with Crippen LogP contribution in [0.1, 0.15) is 39.1 Å². The lowest BCUT2D eigenvalue weighted by Gasteiger charge is -2.27. The molecule has 0 bridgehead atoms. The highest BCUT2D eigenvalue weighted by molar-refractivity contribution is 5.09. The van der Waals surface area contributed by atoms with Crippen molar-refractivity contribution >= 4 is 0 Å². The molecule has 0 radical (unpaired) electrons. The second kappa shape index (κ2) is 5.65. The zero-order chi connectivity index (χ0) is 13.1. The van der Waals surface area contributed by atoms with Crippen LogP contribution in [-0.2, 0) is 13.1 Å². The lowest BCUT2D eigenvalue weighted by Crippen LogP contribution is -2.38. The molecule has 4 nitrogen and oxygen atoms in total. The van der Waals surface area contributed by atoms with Crippen LogP contribution in [0.4, 0.5) is 0 Å². The highest BCUT2D eigenvalue weighted by Crippen LogP contribution is 2.11. The van der Waals surface area contributed by atoms with Crippen molar-refractivity contribution in [3.05, 3.63) is 17.5 Å². The van der Waals surface area contributed by atoms with Gasteiger partial charge in [-0.15, -0.1) is 0 Å². The van der Waals surface area contributed by atoms with Crippen LogP contribution < -0.4 is 0 Å². The minimum Gasteiger partial charge on any atom is -0.389 e. The van der Waals surface area contributed by atoms with E-state index in [4.69, 9.17) is 0 Å². The molecule has 0 saturated carbocycles. The summed E-state index contributed by atoms with van der Waals surface area (Å²) in [5.41, 5.74) is 1.62. The Kier molecular flexibility index (Phi) is 4.71. The number of aromatic nitrogens is 2. The van der Waals surface area contributed by atoms with Crippen LogP contribution >= 0.6 is 0 Å². The summed E-state index contributed by atoms with van der Waals surface area (Å²) in [6, 6.07) is 2.12. The zero-order valence-electron chi connectivity index (χ0n) is 11.7. The third-order valence-corrected chi connectivity index (χ3v) is 2.73. The number of hydrogen-bond donors (Lipinski definition) is 1. The Labute approximate surface area is 104 Å². The fourth-order valence-electron chi connectivity index (χ4n) is 2.06. The smallest absolute Gasteiger partial charge is 0.0718 e. The van der Waals surface area contributed by atoms with Gasteiger partial charge in [-0.3, -0.25) is 9.58 Å². The van der Waals surface area contributed by atoms with Gasteiger partial charge >= 0.3 is 0 Å². The van der Waals surface area contributed by atoms with Crippen molar-refractivity contribution in [2.24, 2.45) is 0 Å². The van der Waals surface area contributed by atoms with Crippen molar-refractivity contribution < 1.29 is 5.11 Å². The zero-order valence-corrected chi connectivity index (χ0v) is 11.7. The van der Waals surface area contributed by atoms with Crippen molar-refractivity contribution in [1.82, 2.24) is 14.7 Å². The lowest BCUT2D eigenvalue weighted by molar-refractivity contribution is 0.0345. The Morgan fingerprint density at radius 3 is 2.53 bits per heavy atom. The number of aliphatic hydroxyl groups is 1. The van der Waals surface area contributed by atoms with E-state index < -0.39 is 5.60 Å². The summed E-state index contributed by atoms with van der Waals surface area (Å²) in [6.07, 6.45) is 0. The molecule has 1 aromatic rings. The van der Waals surface area contributed by atoms with E-state index in [0.717, 1.165) is 25.3 Å². The van der Waals surface area contributed by atoms with Gasteiger partial charge in [-0.1, -0.05) is 6.92 Å². The van der Waals surface area contributed by atoms with E-state index in [1.54, 1.807) is 0 Å². The SMILES string of the molecule is CCN(Cc1cc(C)nn1CC)CC(C)(C)O. The van der Waals surface area contributed by atoms with Gasteiger partial charge in [-0.25, -0.2) is 0 Å². The molecular weight excluding hydrogens is 214 g/mol. The summed E-state index contributed by atoms with van der Waals surface area (Å²) in [5.74, 6) is 0. The first-order valence-electron chi connectivity index (χ1n) is 6.33. The van der Waals surface area contributed by atoms with Crippen molar-refractivity contribution in [3.8, 4) is 0 Å². The number of nitrogens with zero attached hydrogens (tertiary/aromatic N) is 3. The highest BCUT2D eigenvalue weighted by Gasteiger charge is 2.18. The van der Waals surface area contributed by atoms with Gasteiger partial charge in [0.05, 0.1) is 17.0 Å². The predicted octanol–water partition coefficient (Wildman–Crippen LogP) is 1.80. The Balaban J connectivity index is 2.73. The molecule has 1 heterocycles. The third kappa shape index (κ3) is 4.48. The van der Waals surface area contributed by atoms with Crippen molar-refractivity contribution in [3.63, 3.8) is 0 Å².